The van der Waals surface area contributed by atoms with Gasteiger partial charge in [-0.05, 0) is 43.3 Å². The largest absolute Gasteiger partial charge is 0.378 e. The molecule has 0 aliphatic rings. The quantitative estimate of drug-likeness (QED) is 0.487. The first-order valence-electron chi connectivity index (χ1n) is 8.80. The van der Waals surface area contributed by atoms with Crippen LogP contribution < -0.4 is 10.2 Å². The van der Waals surface area contributed by atoms with Crippen molar-refractivity contribution in [2.24, 2.45) is 0 Å². The topological polar surface area (TPSA) is 50.2 Å². The summed E-state index contributed by atoms with van der Waals surface area (Å²) in [6, 6.07) is 15.8. The minimum Gasteiger partial charge on any atom is -0.378 e. The highest BCUT2D eigenvalue weighted by Gasteiger charge is 2.19. The Morgan fingerprint density at radius 3 is 2.63 bits per heavy atom. The van der Waals surface area contributed by atoms with Crippen molar-refractivity contribution < 1.29 is 4.79 Å². The number of para-hydroxylation sites is 2. The van der Waals surface area contributed by atoms with Crippen molar-refractivity contribution >= 4 is 40.1 Å². The number of hydrogen-bond acceptors (Lipinski definition) is 4. The zero-order valence-corrected chi connectivity index (χ0v) is 16.7. The van der Waals surface area contributed by atoms with Crippen LogP contribution in [0.4, 0.5) is 11.4 Å². The van der Waals surface area contributed by atoms with Gasteiger partial charge in [0.15, 0.2) is 5.16 Å². The molecule has 0 aliphatic carbocycles. The van der Waals surface area contributed by atoms with Crippen LogP contribution in [0, 0.1) is 0 Å². The number of allylic oxidation sites excluding steroid dienone is 1. The molecular formula is C21H24N4OS. The molecule has 1 unspecified atom stereocenters. The van der Waals surface area contributed by atoms with E-state index in [2.05, 4.69) is 21.4 Å². The predicted molar refractivity (Wildman–Crippen MR) is 115 cm³/mol. The van der Waals surface area contributed by atoms with Crippen LogP contribution >= 0.6 is 11.8 Å². The molecule has 0 fully saturated rings. The minimum atomic E-state index is -0.279. The average Bonchev–Trinajstić information content (AvgIpc) is 3.00. The molecule has 6 heteroatoms. The number of anilines is 2. The third-order valence-electron chi connectivity index (χ3n) is 4.23. The molecule has 1 aromatic heterocycles. The zero-order chi connectivity index (χ0) is 19.4. The first kappa shape index (κ1) is 19.0. The van der Waals surface area contributed by atoms with Gasteiger partial charge in [0.25, 0.3) is 0 Å². The van der Waals surface area contributed by atoms with Crippen LogP contribution in [-0.4, -0.2) is 34.8 Å². The van der Waals surface area contributed by atoms with E-state index in [9.17, 15) is 4.79 Å². The lowest BCUT2D eigenvalue weighted by Gasteiger charge is -2.15. The van der Waals surface area contributed by atoms with Crippen LogP contribution in [0.1, 0.15) is 6.92 Å². The standard InChI is InChI=1S/C21H24N4OS/c1-5-14-25-19-9-7-6-8-18(19)23-21(25)27-15(2)20(26)22-16-10-12-17(13-11-16)24(3)4/h5-13,15H,1,14H2,2-4H3,(H,22,26). The number of nitrogens with zero attached hydrogens (tertiary/aromatic N) is 3. The maximum atomic E-state index is 12.6. The first-order valence-corrected chi connectivity index (χ1v) is 9.68. The molecule has 3 rings (SSSR count). The number of imidazole rings is 1. The fourth-order valence-electron chi connectivity index (χ4n) is 2.75. The van der Waals surface area contributed by atoms with E-state index in [4.69, 9.17) is 0 Å². The van der Waals surface area contributed by atoms with E-state index in [-0.39, 0.29) is 11.2 Å². The van der Waals surface area contributed by atoms with Crippen LogP contribution in [0.3, 0.4) is 0 Å². The Morgan fingerprint density at radius 1 is 1.26 bits per heavy atom. The van der Waals surface area contributed by atoms with Crippen LogP contribution in [-0.2, 0) is 11.3 Å². The lowest BCUT2D eigenvalue weighted by Crippen LogP contribution is -2.23. The summed E-state index contributed by atoms with van der Waals surface area (Å²) in [5.41, 5.74) is 3.85. The van der Waals surface area contributed by atoms with E-state index in [0.29, 0.717) is 6.54 Å². The fraction of sp³-hybridized carbons (Fsp3) is 0.238. The van der Waals surface area contributed by atoms with Gasteiger partial charge in [-0.3, -0.25) is 4.79 Å². The molecule has 0 saturated heterocycles. The Bertz CT molecular complexity index is 946. The summed E-state index contributed by atoms with van der Waals surface area (Å²) < 4.78 is 2.09. The molecule has 0 aliphatic heterocycles. The van der Waals surface area contributed by atoms with Crippen molar-refractivity contribution in [3.05, 3.63) is 61.2 Å². The second kappa shape index (κ2) is 8.31. The highest BCUT2D eigenvalue weighted by molar-refractivity contribution is 8.00. The van der Waals surface area contributed by atoms with Gasteiger partial charge in [0, 0.05) is 32.0 Å². The van der Waals surface area contributed by atoms with E-state index in [1.807, 2.05) is 80.5 Å². The number of amides is 1. The summed E-state index contributed by atoms with van der Waals surface area (Å²) in [5, 5.41) is 3.52. The molecule has 1 atom stereocenters. The smallest absolute Gasteiger partial charge is 0.237 e. The van der Waals surface area contributed by atoms with E-state index >= 15 is 0 Å². The van der Waals surface area contributed by atoms with Gasteiger partial charge >= 0.3 is 0 Å². The number of nitrogens with one attached hydrogen (secondary N) is 1. The number of thioether (sulfide) groups is 1. The van der Waals surface area contributed by atoms with Gasteiger partial charge in [-0.25, -0.2) is 4.98 Å². The van der Waals surface area contributed by atoms with Crippen molar-refractivity contribution in [1.82, 2.24) is 9.55 Å². The van der Waals surface area contributed by atoms with Crippen molar-refractivity contribution in [3.63, 3.8) is 0 Å². The predicted octanol–water partition coefficient (Wildman–Crippen LogP) is 4.41. The zero-order valence-electron chi connectivity index (χ0n) is 15.8. The second-order valence-electron chi connectivity index (χ2n) is 6.47. The maximum Gasteiger partial charge on any atom is 0.237 e. The summed E-state index contributed by atoms with van der Waals surface area (Å²) in [5.74, 6) is -0.0465. The van der Waals surface area contributed by atoms with Crippen LogP contribution in [0.15, 0.2) is 66.3 Å². The normalized spacial score (nSPS) is 12.0. The van der Waals surface area contributed by atoms with Crippen molar-refractivity contribution in [1.29, 1.82) is 0 Å². The summed E-state index contributed by atoms with van der Waals surface area (Å²) in [7, 11) is 3.98. The van der Waals surface area contributed by atoms with Gasteiger partial charge < -0.3 is 14.8 Å². The van der Waals surface area contributed by atoms with Gasteiger partial charge in [-0.1, -0.05) is 30.0 Å². The lowest BCUT2D eigenvalue weighted by atomic mass is 10.2. The summed E-state index contributed by atoms with van der Waals surface area (Å²) in [6.07, 6.45) is 1.84. The maximum absolute atomic E-state index is 12.6. The molecule has 2 aromatic carbocycles. The molecule has 0 saturated carbocycles. The Labute approximate surface area is 164 Å². The van der Waals surface area contributed by atoms with Gasteiger partial charge in [0.2, 0.25) is 5.91 Å². The highest BCUT2D eigenvalue weighted by Crippen LogP contribution is 2.28. The Hall–Kier alpha value is -2.73. The summed E-state index contributed by atoms with van der Waals surface area (Å²) in [6.45, 7) is 6.38. The van der Waals surface area contributed by atoms with Crippen molar-refractivity contribution in [2.45, 2.75) is 23.9 Å². The molecule has 27 heavy (non-hydrogen) atoms. The SMILES string of the molecule is C=CCn1c(SC(C)C(=O)Nc2ccc(N(C)C)cc2)nc2ccccc21. The Balaban J connectivity index is 1.73. The Morgan fingerprint density at radius 2 is 1.96 bits per heavy atom. The summed E-state index contributed by atoms with van der Waals surface area (Å²) in [4.78, 5) is 19.3. The Kier molecular flexibility index (Phi) is 5.86. The van der Waals surface area contributed by atoms with E-state index < -0.39 is 0 Å². The monoisotopic (exact) mass is 380 g/mol. The molecule has 0 bridgehead atoms. The van der Waals surface area contributed by atoms with E-state index in [1.54, 1.807) is 0 Å². The van der Waals surface area contributed by atoms with Gasteiger partial charge in [0.05, 0.1) is 16.3 Å². The van der Waals surface area contributed by atoms with Gasteiger partial charge in [-0.2, -0.15) is 0 Å². The van der Waals surface area contributed by atoms with Crippen molar-refractivity contribution in [2.75, 3.05) is 24.3 Å². The van der Waals surface area contributed by atoms with Crippen LogP contribution in [0.25, 0.3) is 11.0 Å². The highest BCUT2D eigenvalue weighted by atomic mass is 32.2. The van der Waals surface area contributed by atoms with Gasteiger partial charge in [0.1, 0.15) is 0 Å². The molecule has 3 aromatic rings. The lowest BCUT2D eigenvalue weighted by molar-refractivity contribution is -0.115. The average molecular weight is 381 g/mol. The molecular weight excluding hydrogens is 356 g/mol. The van der Waals surface area contributed by atoms with E-state index in [1.165, 1.54) is 11.8 Å². The number of carbonyl (C=O) groups is 1. The minimum absolute atomic E-state index is 0.0465. The molecule has 1 amide bonds. The van der Waals surface area contributed by atoms with Gasteiger partial charge in [-0.15, -0.1) is 6.58 Å². The molecule has 1 N–H and O–H groups in total. The van der Waals surface area contributed by atoms with Crippen molar-refractivity contribution in [3.8, 4) is 0 Å². The number of benzene rings is 2. The molecule has 5 nitrogen and oxygen atoms in total. The number of rotatable bonds is 7. The number of carbonyl (C=O) groups excluding carboxylic acids is 1. The summed E-state index contributed by atoms with van der Waals surface area (Å²) >= 11 is 1.46. The number of hydrogen-bond donors (Lipinski definition) is 1. The molecule has 0 radical (unpaired) electrons. The molecule has 140 valence electrons. The third-order valence-corrected chi connectivity index (χ3v) is 5.32. The third kappa shape index (κ3) is 4.34. The molecule has 1 heterocycles. The number of fused-ring (bicyclic) bond motifs is 1. The fourth-order valence-corrected chi connectivity index (χ4v) is 3.68. The second-order valence-corrected chi connectivity index (χ2v) is 7.78. The van der Waals surface area contributed by atoms with E-state index in [0.717, 1.165) is 27.6 Å². The number of aromatic nitrogens is 2. The molecule has 0 spiro atoms. The van der Waals surface area contributed by atoms with Crippen LogP contribution in [0.5, 0.6) is 0 Å². The van der Waals surface area contributed by atoms with Crippen LogP contribution in [0.2, 0.25) is 0 Å². The first-order chi connectivity index (χ1) is 13.0.